The van der Waals surface area contributed by atoms with E-state index in [4.69, 9.17) is 14.2 Å². The number of fused-ring (bicyclic) bond motifs is 1. The van der Waals surface area contributed by atoms with Crippen molar-refractivity contribution in [2.24, 2.45) is 0 Å². The summed E-state index contributed by atoms with van der Waals surface area (Å²) in [5.41, 5.74) is 1.86. The maximum absolute atomic E-state index is 13.2. The van der Waals surface area contributed by atoms with Gasteiger partial charge in [0.2, 0.25) is 0 Å². The van der Waals surface area contributed by atoms with Crippen LogP contribution < -0.4 is 14.8 Å². The lowest BCUT2D eigenvalue weighted by Gasteiger charge is -2.29. The first kappa shape index (κ1) is 26.5. The molecule has 0 radical (unpaired) electrons. The number of nitrogens with zero attached hydrogens (tertiary/aromatic N) is 2. The zero-order valence-electron chi connectivity index (χ0n) is 22.1. The summed E-state index contributed by atoms with van der Waals surface area (Å²) >= 11 is 1.37. The summed E-state index contributed by atoms with van der Waals surface area (Å²) in [6.07, 6.45) is 0.192. The van der Waals surface area contributed by atoms with Gasteiger partial charge in [-0.1, -0.05) is 29.0 Å². The highest BCUT2D eigenvalue weighted by molar-refractivity contribution is 7.15. The molecule has 0 fully saturated rings. The van der Waals surface area contributed by atoms with Crippen molar-refractivity contribution < 1.29 is 23.8 Å². The van der Waals surface area contributed by atoms with Gasteiger partial charge in [-0.2, -0.15) is 0 Å². The minimum absolute atomic E-state index is 0.0656. The van der Waals surface area contributed by atoms with Crippen LogP contribution >= 0.6 is 11.3 Å². The third kappa shape index (κ3) is 7.22. The number of hydrogen-bond acceptors (Lipinski definition) is 7. The number of anilines is 1. The van der Waals surface area contributed by atoms with Crippen molar-refractivity contribution in [3.8, 4) is 17.2 Å². The molecular weight excluding hydrogens is 490 g/mol. The van der Waals surface area contributed by atoms with Gasteiger partial charge >= 0.3 is 6.09 Å². The molecule has 0 spiro atoms. The van der Waals surface area contributed by atoms with E-state index >= 15 is 0 Å². The molecule has 1 aromatic heterocycles. The molecule has 0 saturated carbocycles. The molecule has 2 aromatic carbocycles. The first-order valence-electron chi connectivity index (χ1n) is 12.3. The van der Waals surface area contributed by atoms with Gasteiger partial charge in [-0.25, -0.2) is 9.78 Å². The second-order valence-corrected chi connectivity index (χ2v) is 11.4. The third-order valence-corrected chi connectivity index (χ3v) is 6.37. The zero-order chi connectivity index (χ0) is 26.7. The Labute approximate surface area is 221 Å². The predicted octanol–water partition coefficient (Wildman–Crippen LogP) is 6.58. The standard InChI is InChI=1S/C28H33N3O5S/c1-17(2)34-21-13-19(14-22(15-21)35-20-9-7-18(3)8-10-20)25(32)30-26-29-23-11-12-31(16-24(23)37-26)27(33)36-28(4,5)6/h7-10,13-15,17H,11-12,16H2,1-6H3,(H,29,30,32). The number of hydrogen-bond donors (Lipinski definition) is 1. The molecule has 0 saturated heterocycles. The highest BCUT2D eigenvalue weighted by Crippen LogP contribution is 2.31. The van der Waals surface area contributed by atoms with E-state index < -0.39 is 5.60 Å². The van der Waals surface area contributed by atoms with E-state index in [1.807, 2.05) is 65.8 Å². The van der Waals surface area contributed by atoms with Crippen molar-refractivity contribution in [2.75, 3.05) is 11.9 Å². The molecule has 0 bridgehead atoms. The van der Waals surface area contributed by atoms with Crippen molar-refractivity contribution in [3.63, 3.8) is 0 Å². The van der Waals surface area contributed by atoms with Crippen LogP contribution in [0.5, 0.6) is 17.2 Å². The molecule has 2 amide bonds. The normalized spacial score (nSPS) is 13.2. The summed E-state index contributed by atoms with van der Waals surface area (Å²) < 4.78 is 17.4. The molecule has 196 valence electrons. The molecular formula is C28H33N3O5S. The van der Waals surface area contributed by atoms with Gasteiger partial charge in [-0.3, -0.25) is 10.1 Å². The van der Waals surface area contributed by atoms with Crippen LogP contribution in [-0.2, 0) is 17.7 Å². The van der Waals surface area contributed by atoms with E-state index in [1.165, 1.54) is 11.3 Å². The van der Waals surface area contributed by atoms with Gasteiger partial charge in [-0.05, 0) is 65.8 Å². The maximum Gasteiger partial charge on any atom is 0.410 e. The number of ether oxygens (including phenoxy) is 3. The van der Waals surface area contributed by atoms with E-state index in [0.717, 1.165) is 16.1 Å². The fraction of sp³-hybridized carbons (Fsp3) is 0.393. The van der Waals surface area contributed by atoms with Gasteiger partial charge < -0.3 is 19.1 Å². The van der Waals surface area contributed by atoms with Crippen LogP contribution in [0.3, 0.4) is 0 Å². The van der Waals surface area contributed by atoms with Crippen LogP contribution in [0.25, 0.3) is 0 Å². The maximum atomic E-state index is 13.2. The van der Waals surface area contributed by atoms with Crippen LogP contribution in [0.2, 0.25) is 0 Å². The highest BCUT2D eigenvalue weighted by atomic mass is 32.1. The number of aromatic nitrogens is 1. The van der Waals surface area contributed by atoms with Crippen LogP contribution in [0.4, 0.5) is 9.93 Å². The fourth-order valence-corrected chi connectivity index (χ4v) is 4.76. The molecule has 1 N–H and O–H groups in total. The van der Waals surface area contributed by atoms with Crippen LogP contribution in [-0.4, -0.2) is 40.1 Å². The average molecular weight is 524 g/mol. The average Bonchev–Trinajstić information content (AvgIpc) is 3.20. The molecule has 3 aromatic rings. The number of carbonyl (C=O) groups is 2. The van der Waals surface area contributed by atoms with E-state index in [-0.39, 0.29) is 18.1 Å². The minimum atomic E-state index is -0.556. The number of benzene rings is 2. The number of aryl methyl sites for hydroxylation is 1. The Kier molecular flexibility index (Phi) is 7.73. The number of rotatable bonds is 6. The molecule has 4 rings (SSSR count). The molecule has 37 heavy (non-hydrogen) atoms. The number of carbonyl (C=O) groups excluding carboxylic acids is 2. The second-order valence-electron chi connectivity index (χ2n) is 10.3. The smallest absolute Gasteiger partial charge is 0.410 e. The van der Waals surface area contributed by atoms with Gasteiger partial charge in [0, 0.05) is 29.5 Å². The molecule has 9 heteroatoms. The summed E-state index contributed by atoms with van der Waals surface area (Å²) in [6.45, 7) is 12.3. The van der Waals surface area contributed by atoms with Crippen LogP contribution in [0.1, 0.15) is 61.1 Å². The molecule has 0 aliphatic carbocycles. The minimum Gasteiger partial charge on any atom is -0.491 e. The lowest BCUT2D eigenvalue weighted by atomic mass is 10.2. The first-order valence-corrected chi connectivity index (χ1v) is 13.1. The van der Waals surface area contributed by atoms with E-state index in [0.29, 0.717) is 47.5 Å². The van der Waals surface area contributed by atoms with Crippen LogP contribution in [0.15, 0.2) is 42.5 Å². The van der Waals surface area contributed by atoms with Crippen molar-refractivity contribution in [1.29, 1.82) is 0 Å². The van der Waals surface area contributed by atoms with Gasteiger partial charge in [0.15, 0.2) is 5.13 Å². The van der Waals surface area contributed by atoms with E-state index in [9.17, 15) is 9.59 Å². The summed E-state index contributed by atoms with van der Waals surface area (Å²) in [6, 6.07) is 12.8. The molecule has 2 heterocycles. The summed E-state index contributed by atoms with van der Waals surface area (Å²) in [5, 5.41) is 3.38. The van der Waals surface area contributed by atoms with Crippen molar-refractivity contribution in [3.05, 3.63) is 64.2 Å². The molecule has 8 nitrogen and oxygen atoms in total. The SMILES string of the molecule is Cc1ccc(Oc2cc(OC(C)C)cc(C(=O)Nc3nc4c(s3)CN(C(=O)OC(C)(C)C)CC4)c2)cc1. The largest absolute Gasteiger partial charge is 0.491 e. The Morgan fingerprint density at radius 1 is 1.05 bits per heavy atom. The monoisotopic (exact) mass is 523 g/mol. The van der Waals surface area contributed by atoms with E-state index in [2.05, 4.69) is 10.3 Å². The summed E-state index contributed by atoms with van der Waals surface area (Å²) in [5.74, 6) is 1.38. The summed E-state index contributed by atoms with van der Waals surface area (Å²) in [4.78, 5) is 32.9. The molecule has 0 unspecified atom stereocenters. The number of nitrogens with one attached hydrogen (secondary N) is 1. The van der Waals surface area contributed by atoms with Gasteiger partial charge in [0.1, 0.15) is 22.8 Å². The van der Waals surface area contributed by atoms with Crippen molar-refractivity contribution in [2.45, 2.75) is 66.2 Å². The Morgan fingerprint density at radius 2 is 1.76 bits per heavy atom. The van der Waals surface area contributed by atoms with Crippen LogP contribution in [0, 0.1) is 6.92 Å². The molecule has 0 atom stereocenters. The number of amides is 2. The van der Waals surface area contributed by atoms with Gasteiger partial charge in [0.25, 0.3) is 5.91 Å². The van der Waals surface area contributed by atoms with Crippen molar-refractivity contribution in [1.82, 2.24) is 9.88 Å². The first-order chi connectivity index (χ1) is 17.4. The lowest BCUT2D eigenvalue weighted by molar-refractivity contribution is 0.0225. The highest BCUT2D eigenvalue weighted by Gasteiger charge is 2.28. The fourth-order valence-electron chi connectivity index (χ4n) is 3.74. The Hall–Kier alpha value is -3.59. The quantitative estimate of drug-likeness (QED) is 0.393. The molecule has 1 aliphatic heterocycles. The topological polar surface area (TPSA) is 90.0 Å². The van der Waals surface area contributed by atoms with Crippen molar-refractivity contribution >= 4 is 28.5 Å². The van der Waals surface area contributed by atoms with E-state index in [1.54, 1.807) is 23.1 Å². The Morgan fingerprint density at radius 3 is 2.43 bits per heavy atom. The van der Waals surface area contributed by atoms with Gasteiger partial charge in [0.05, 0.1) is 18.3 Å². The van der Waals surface area contributed by atoms with Gasteiger partial charge in [-0.15, -0.1) is 0 Å². The number of thiazole rings is 1. The zero-order valence-corrected chi connectivity index (χ0v) is 22.9. The Bertz CT molecular complexity index is 1280. The third-order valence-electron chi connectivity index (χ3n) is 5.37. The molecule has 1 aliphatic rings. The second kappa shape index (κ2) is 10.8. The summed E-state index contributed by atoms with van der Waals surface area (Å²) in [7, 11) is 0. The predicted molar refractivity (Wildman–Crippen MR) is 144 cm³/mol. The lowest BCUT2D eigenvalue weighted by Crippen LogP contribution is -2.39. The Balaban J connectivity index is 1.50.